The van der Waals surface area contributed by atoms with Gasteiger partial charge in [0.2, 0.25) is 0 Å². The third-order valence-electron chi connectivity index (χ3n) is 3.53. The van der Waals surface area contributed by atoms with E-state index in [2.05, 4.69) is 9.97 Å². The topological polar surface area (TPSA) is 55.7 Å². The van der Waals surface area contributed by atoms with Gasteiger partial charge in [-0.05, 0) is 35.2 Å². The molecule has 0 amide bonds. The monoisotopic (exact) mass is 351 g/mol. The third kappa shape index (κ3) is 2.98. The molecular formula is C18H13N3OS2. The number of fused-ring (bicyclic) bond motifs is 1. The fraction of sp³-hybridized carbons (Fsp3) is 0.0556. The zero-order valence-corrected chi connectivity index (χ0v) is 14.3. The Bertz CT molecular complexity index is 1000. The Morgan fingerprint density at radius 3 is 2.50 bits per heavy atom. The minimum atomic E-state index is -1.29. The molecule has 1 aromatic carbocycles. The molecule has 118 valence electrons. The summed E-state index contributed by atoms with van der Waals surface area (Å²) in [7, 11) is -1.29. The van der Waals surface area contributed by atoms with Gasteiger partial charge >= 0.3 is 0 Å². The van der Waals surface area contributed by atoms with Crippen LogP contribution in [0.3, 0.4) is 0 Å². The number of pyridine rings is 1. The number of hydrogen-bond donors (Lipinski definition) is 0. The zero-order chi connectivity index (χ0) is 16.4. The van der Waals surface area contributed by atoms with Crippen molar-refractivity contribution in [3.63, 3.8) is 0 Å². The number of para-hydroxylation sites is 2. The van der Waals surface area contributed by atoms with Gasteiger partial charge in [0, 0.05) is 12.4 Å². The van der Waals surface area contributed by atoms with Crippen LogP contribution in [0.1, 0.15) is 5.56 Å². The normalized spacial score (nSPS) is 12.3. The molecule has 3 aromatic heterocycles. The fourth-order valence-corrected chi connectivity index (χ4v) is 4.38. The van der Waals surface area contributed by atoms with E-state index in [1.54, 1.807) is 23.7 Å². The van der Waals surface area contributed by atoms with Crippen LogP contribution in [0.4, 0.5) is 0 Å². The van der Waals surface area contributed by atoms with Crippen molar-refractivity contribution >= 4 is 33.2 Å². The molecule has 0 fully saturated rings. The number of thiophene rings is 1. The van der Waals surface area contributed by atoms with E-state index in [9.17, 15) is 4.21 Å². The molecule has 0 saturated carbocycles. The van der Waals surface area contributed by atoms with Crippen LogP contribution >= 0.6 is 11.3 Å². The van der Waals surface area contributed by atoms with Crippen LogP contribution in [0, 0.1) is 0 Å². The van der Waals surface area contributed by atoms with Crippen LogP contribution in [0.25, 0.3) is 21.6 Å². The summed E-state index contributed by atoms with van der Waals surface area (Å²) < 4.78 is 13.0. The van der Waals surface area contributed by atoms with Crippen LogP contribution in [0.15, 0.2) is 71.3 Å². The number of rotatable bonds is 4. The first kappa shape index (κ1) is 15.1. The Balaban J connectivity index is 1.83. The van der Waals surface area contributed by atoms with Crippen molar-refractivity contribution in [2.24, 2.45) is 0 Å². The maximum atomic E-state index is 13.0. The van der Waals surface area contributed by atoms with E-state index < -0.39 is 10.8 Å². The lowest BCUT2D eigenvalue weighted by Crippen LogP contribution is -2.04. The molecule has 0 saturated heterocycles. The summed E-state index contributed by atoms with van der Waals surface area (Å²) >= 11 is 1.57. The summed E-state index contributed by atoms with van der Waals surface area (Å²) in [5, 5.41) is 2.51. The summed E-state index contributed by atoms with van der Waals surface area (Å²) in [6.07, 6.45) is 3.44. The van der Waals surface area contributed by atoms with Gasteiger partial charge in [-0.25, -0.2) is 9.97 Å². The molecule has 0 aliphatic heterocycles. The summed E-state index contributed by atoms with van der Waals surface area (Å²) in [5.74, 6) is 0.374. The molecular weight excluding hydrogens is 338 g/mol. The molecule has 4 nitrogen and oxygen atoms in total. The SMILES string of the molecule is O=S(Cc1cccnc1)c1nc2ccccc2nc1-c1cccs1. The zero-order valence-electron chi connectivity index (χ0n) is 12.6. The Labute approximate surface area is 145 Å². The highest BCUT2D eigenvalue weighted by Crippen LogP contribution is 2.29. The molecule has 3 heterocycles. The predicted octanol–water partition coefficient (Wildman–Crippen LogP) is 4.06. The lowest BCUT2D eigenvalue weighted by molar-refractivity contribution is 0.680. The fourth-order valence-electron chi connectivity index (χ4n) is 2.42. The van der Waals surface area contributed by atoms with Gasteiger partial charge < -0.3 is 0 Å². The lowest BCUT2D eigenvalue weighted by atomic mass is 10.3. The highest BCUT2D eigenvalue weighted by Gasteiger charge is 2.17. The second-order valence-electron chi connectivity index (χ2n) is 5.19. The van der Waals surface area contributed by atoms with E-state index in [1.807, 2.05) is 53.9 Å². The first-order valence-electron chi connectivity index (χ1n) is 7.39. The van der Waals surface area contributed by atoms with E-state index in [4.69, 9.17) is 4.98 Å². The Kier molecular flexibility index (Phi) is 4.15. The van der Waals surface area contributed by atoms with Crippen LogP contribution < -0.4 is 0 Å². The van der Waals surface area contributed by atoms with Crippen molar-refractivity contribution in [1.82, 2.24) is 15.0 Å². The molecule has 0 bridgehead atoms. The molecule has 0 spiro atoms. The first-order chi connectivity index (χ1) is 11.8. The molecule has 4 rings (SSSR count). The van der Waals surface area contributed by atoms with Crippen molar-refractivity contribution in [1.29, 1.82) is 0 Å². The van der Waals surface area contributed by atoms with Gasteiger partial charge in [0.25, 0.3) is 0 Å². The second-order valence-corrected chi connectivity index (χ2v) is 7.51. The van der Waals surface area contributed by atoms with Crippen LogP contribution in [-0.4, -0.2) is 19.2 Å². The van der Waals surface area contributed by atoms with Crippen molar-refractivity contribution < 1.29 is 4.21 Å². The maximum Gasteiger partial charge on any atom is 0.155 e. The van der Waals surface area contributed by atoms with Crippen molar-refractivity contribution in [2.45, 2.75) is 10.8 Å². The van der Waals surface area contributed by atoms with Crippen LogP contribution in [-0.2, 0) is 16.6 Å². The molecule has 4 aromatic rings. The molecule has 0 N–H and O–H groups in total. The summed E-state index contributed by atoms with van der Waals surface area (Å²) in [6, 6.07) is 15.4. The number of hydrogen-bond acceptors (Lipinski definition) is 5. The number of aromatic nitrogens is 3. The van der Waals surface area contributed by atoms with E-state index in [0.29, 0.717) is 16.5 Å². The highest BCUT2D eigenvalue weighted by atomic mass is 32.2. The molecule has 24 heavy (non-hydrogen) atoms. The van der Waals surface area contributed by atoms with E-state index in [0.717, 1.165) is 21.5 Å². The second kappa shape index (κ2) is 6.59. The number of benzene rings is 1. The van der Waals surface area contributed by atoms with Gasteiger partial charge in [-0.3, -0.25) is 9.19 Å². The minimum absolute atomic E-state index is 0.374. The van der Waals surface area contributed by atoms with Gasteiger partial charge in [0.1, 0.15) is 5.69 Å². The largest absolute Gasteiger partial charge is 0.264 e. The Hall–Kier alpha value is -2.44. The lowest BCUT2D eigenvalue weighted by Gasteiger charge is -2.08. The molecule has 0 aliphatic rings. The van der Waals surface area contributed by atoms with Gasteiger partial charge in [0.15, 0.2) is 5.03 Å². The molecule has 6 heteroatoms. The summed E-state index contributed by atoms with van der Waals surface area (Å²) in [6.45, 7) is 0. The Morgan fingerprint density at radius 2 is 1.79 bits per heavy atom. The van der Waals surface area contributed by atoms with Crippen LogP contribution in [0.5, 0.6) is 0 Å². The van der Waals surface area contributed by atoms with E-state index in [1.165, 1.54) is 0 Å². The average molecular weight is 351 g/mol. The van der Waals surface area contributed by atoms with Crippen molar-refractivity contribution in [3.8, 4) is 10.6 Å². The van der Waals surface area contributed by atoms with Crippen molar-refractivity contribution in [2.75, 3.05) is 0 Å². The molecule has 0 aliphatic carbocycles. The third-order valence-corrected chi connectivity index (χ3v) is 5.72. The van der Waals surface area contributed by atoms with Gasteiger partial charge in [0.05, 0.1) is 32.5 Å². The smallest absolute Gasteiger partial charge is 0.155 e. The summed E-state index contributed by atoms with van der Waals surface area (Å²) in [5.41, 5.74) is 3.18. The predicted molar refractivity (Wildman–Crippen MR) is 97.2 cm³/mol. The minimum Gasteiger partial charge on any atom is -0.264 e. The summed E-state index contributed by atoms with van der Waals surface area (Å²) in [4.78, 5) is 14.4. The number of nitrogens with zero attached hydrogens (tertiary/aromatic N) is 3. The molecule has 0 radical (unpaired) electrons. The van der Waals surface area contributed by atoms with Gasteiger partial charge in [-0.15, -0.1) is 11.3 Å². The first-order valence-corrected chi connectivity index (χ1v) is 9.59. The average Bonchev–Trinajstić information content (AvgIpc) is 3.16. The molecule has 1 unspecified atom stereocenters. The highest BCUT2D eigenvalue weighted by molar-refractivity contribution is 7.84. The van der Waals surface area contributed by atoms with E-state index in [-0.39, 0.29) is 0 Å². The van der Waals surface area contributed by atoms with Gasteiger partial charge in [-0.2, -0.15) is 0 Å². The molecule has 1 atom stereocenters. The standard InChI is InChI=1S/C18H13N3OS2/c22-24(12-13-5-3-9-19-11-13)18-17(16-8-4-10-23-16)20-14-6-1-2-7-15(14)21-18/h1-11H,12H2. The Morgan fingerprint density at radius 1 is 0.958 bits per heavy atom. The quantitative estimate of drug-likeness (QED) is 0.556. The van der Waals surface area contributed by atoms with E-state index >= 15 is 0 Å². The van der Waals surface area contributed by atoms with Crippen LogP contribution in [0.2, 0.25) is 0 Å². The maximum absolute atomic E-state index is 13.0. The van der Waals surface area contributed by atoms with Gasteiger partial charge in [-0.1, -0.05) is 24.3 Å². The van der Waals surface area contributed by atoms with Crippen molar-refractivity contribution in [3.05, 3.63) is 71.9 Å².